The van der Waals surface area contributed by atoms with Gasteiger partial charge in [0.25, 0.3) is 15.9 Å². The van der Waals surface area contributed by atoms with Crippen molar-refractivity contribution >= 4 is 20.8 Å². The topological polar surface area (TPSA) is 69.7 Å². The number of hydrogen-bond acceptors (Lipinski definition) is 5. The van der Waals surface area contributed by atoms with E-state index in [1.54, 1.807) is 45.0 Å². The SMILES string of the molecule is CCCCN(CCCNC1=C(c2ccccc2)S(=O)(=O)N(C(C)(C)C)C1=O)Cc1ccccc1. The second kappa shape index (κ2) is 11.2. The van der Waals surface area contributed by atoms with Gasteiger partial charge >= 0.3 is 0 Å². The Kier molecular flexibility index (Phi) is 8.55. The minimum atomic E-state index is -3.95. The first kappa shape index (κ1) is 26.0. The average Bonchev–Trinajstić information content (AvgIpc) is 3.00. The number of amides is 1. The molecule has 34 heavy (non-hydrogen) atoms. The zero-order chi connectivity index (χ0) is 24.8. The van der Waals surface area contributed by atoms with Gasteiger partial charge in [0.1, 0.15) is 10.6 Å². The lowest BCUT2D eigenvalue weighted by atomic mass is 10.1. The van der Waals surface area contributed by atoms with E-state index in [4.69, 9.17) is 0 Å². The average molecular weight is 484 g/mol. The maximum atomic E-state index is 13.4. The van der Waals surface area contributed by atoms with Gasteiger partial charge in [-0.3, -0.25) is 9.69 Å². The minimum Gasteiger partial charge on any atom is -0.379 e. The molecule has 0 spiro atoms. The highest BCUT2D eigenvalue weighted by Gasteiger charge is 2.49. The van der Waals surface area contributed by atoms with Gasteiger partial charge in [0.2, 0.25) is 0 Å². The fourth-order valence-corrected chi connectivity index (χ4v) is 6.31. The van der Waals surface area contributed by atoms with Gasteiger partial charge < -0.3 is 5.32 Å². The second-order valence-corrected chi connectivity index (χ2v) is 11.4. The van der Waals surface area contributed by atoms with Crippen molar-refractivity contribution in [2.24, 2.45) is 0 Å². The van der Waals surface area contributed by atoms with Crippen LogP contribution in [0.4, 0.5) is 0 Å². The molecule has 2 aromatic rings. The van der Waals surface area contributed by atoms with Crippen LogP contribution in [-0.2, 0) is 21.4 Å². The summed E-state index contributed by atoms with van der Waals surface area (Å²) in [7, 11) is -3.95. The van der Waals surface area contributed by atoms with E-state index in [1.807, 2.05) is 12.1 Å². The highest BCUT2D eigenvalue weighted by molar-refractivity contribution is 7.99. The quantitative estimate of drug-likeness (QED) is 0.473. The molecule has 6 nitrogen and oxygen atoms in total. The second-order valence-electron chi connectivity index (χ2n) is 9.71. The van der Waals surface area contributed by atoms with Crippen molar-refractivity contribution in [3.05, 3.63) is 77.5 Å². The summed E-state index contributed by atoms with van der Waals surface area (Å²) in [4.78, 5) is 15.8. The summed E-state index contributed by atoms with van der Waals surface area (Å²) in [5, 5.41) is 3.20. The molecule has 1 amide bonds. The molecule has 0 saturated heterocycles. The molecule has 0 fully saturated rings. The number of nitrogens with zero attached hydrogens (tertiary/aromatic N) is 2. The summed E-state index contributed by atoms with van der Waals surface area (Å²) in [6.07, 6.45) is 3.05. The lowest BCUT2D eigenvalue weighted by Gasteiger charge is -2.30. The maximum absolute atomic E-state index is 13.4. The molecule has 1 N–H and O–H groups in total. The number of carbonyl (C=O) groups excluding carboxylic acids is 1. The zero-order valence-electron chi connectivity index (χ0n) is 20.8. The third kappa shape index (κ3) is 6.07. The third-order valence-electron chi connectivity index (χ3n) is 5.80. The molecule has 0 saturated carbocycles. The Bertz CT molecular complexity index is 1090. The van der Waals surface area contributed by atoms with Gasteiger partial charge in [0.05, 0.1) is 5.54 Å². The molecule has 0 aromatic heterocycles. The highest BCUT2D eigenvalue weighted by atomic mass is 32.2. The maximum Gasteiger partial charge on any atom is 0.285 e. The van der Waals surface area contributed by atoms with E-state index in [1.165, 1.54) is 5.56 Å². The van der Waals surface area contributed by atoms with Gasteiger partial charge in [0.15, 0.2) is 0 Å². The Labute approximate surface area is 204 Å². The van der Waals surface area contributed by atoms with Crippen molar-refractivity contribution in [2.75, 3.05) is 19.6 Å². The molecular weight excluding hydrogens is 446 g/mol. The van der Waals surface area contributed by atoms with E-state index in [2.05, 4.69) is 41.4 Å². The molecule has 3 rings (SSSR count). The van der Waals surface area contributed by atoms with Crippen LogP contribution in [0.2, 0.25) is 0 Å². The summed E-state index contributed by atoms with van der Waals surface area (Å²) in [5.74, 6) is -0.488. The van der Waals surface area contributed by atoms with Crippen molar-refractivity contribution in [1.82, 2.24) is 14.5 Å². The van der Waals surface area contributed by atoms with Crippen molar-refractivity contribution in [3.8, 4) is 0 Å². The van der Waals surface area contributed by atoms with Crippen LogP contribution in [0.3, 0.4) is 0 Å². The van der Waals surface area contributed by atoms with Crippen molar-refractivity contribution in [3.63, 3.8) is 0 Å². The molecule has 0 unspecified atom stereocenters. The van der Waals surface area contributed by atoms with Crippen LogP contribution < -0.4 is 5.32 Å². The number of rotatable bonds is 11. The Morgan fingerprint density at radius 1 is 0.912 bits per heavy atom. The molecule has 1 aliphatic rings. The standard InChI is InChI=1S/C27H37N3O3S/c1-5-6-19-29(21-22-14-9-7-10-15-22)20-13-18-28-24-25(23-16-11-8-12-17-23)34(32,33)30(26(24)31)27(2,3)4/h7-12,14-17,28H,5-6,13,18-21H2,1-4H3. The monoisotopic (exact) mass is 483 g/mol. The number of nitrogens with one attached hydrogen (secondary N) is 1. The predicted molar refractivity (Wildman–Crippen MR) is 138 cm³/mol. The summed E-state index contributed by atoms with van der Waals surface area (Å²) in [6.45, 7) is 10.7. The zero-order valence-corrected chi connectivity index (χ0v) is 21.6. The van der Waals surface area contributed by atoms with Gasteiger partial charge in [0, 0.05) is 19.6 Å². The molecule has 7 heteroatoms. The molecule has 0 atom stereocenters. The van der Waals surface area contributed by atoms with Crippen molar-refractivity contribution in [1.29, 1.82) is 0 Å². The smallest absolute Gasteiger partial charge is 0.285 e. The number of sulfonamides is 1. The largest absolute Gasteiger partial charge is 0.379 e. The van der Waals surface area contributed by atoms with Crippen LogP contribution in [-0.4, -0.2) is 48.7 Å². The molecule has 0 radical (unpaired) electrons. The number of benzene rings is 2. The van der Waals surface area contributed by atoms with Crippen molar-refractivity contribution < 1.29 is 13.2 Å². The Morgan fingerprint density at radius 3 is 2.09 bits per heavy atom. The fourth-order valence-electron chi connectivity index (χ4n) is 4.24. The lowest BCUT2D eigenvalue weighted by Crippen LogP contribution is -2.46. The third-order valence-corrected chi connectivity index (χ3v) is 7.95. The molecule has 2 aromatic carbocycles. The van der Waals surface area contributed by atoms with Gasteiger partial charge in [-0.2, -0.15) is 0 Å². The van der Waals surface area contributed by atoms with E-state index in [-0.39, 0.29) is 10.6 Å². The van der Waals surface area contributed by atoms with Crippen LogP contribution in [0.1, 0.15) is 58.1 Å². The van der Waals surface area contributed by atoms with E-state index in [9.17, 15) is 13.2 Å². The molecule has 184 valence electrons. The van der Waals surface area contributed by atoms with Gasteiger partial charge in [-0.25, -0.2) is 12.7 Å². The van der Waals surface area contributed by atoms with Crippen LogP contribution in [0, 0.1) is 0 Å². The molecule has 1 heterocycles. The Balaban J connectivity index is 1.75. The Morgan fingerprint density at radius 2 is 1.50 bits per heavy atom. The molecule has 0 aliphatic carbocycles. The summed E-state index contributed by atoms with van der Waals surface area (Å²) in [6, 6.07) is 19.3. The minimum absolute atomic E-state index is 0.0696. The molecule has 1 aliphatic heterocycles. The number of unbranched alkanes of at least 4 members (excludes halogenated alkanes) is 1. The van der Waals surface area contributed by atoms with Crippen LogP contribution >= 0.6 is 0 Å². The van der Waals surface area contributed by atoms with Crippen LogP contribution in [0.5, 0.6) is 0 Å². The van der Waals surface area contributed by atoms with E-state index < -0.39 is 21.5 Å². The Hall–Kier alpha value is -2.64. The number of hydrogen-bond donors (Lipinski definition) is 1. The first-order valence-corrected chi connectivity index (χ1v) is 13.5. The van der Waals surface area contributed by atoms with Gasteiger partial charge in [-0.1, -0.05) is 74.0 Å². The molecule has 0 bridgehead atoms. The van der Waals surface area contributed by atoms with Crippen molar-refractivity contribution in [2.45, 2.75) is 59.0 Å². The summed E-state index contributed by atoms with van der Waals surface area (Å²) in [5.41, 5.74) is 1.12. The lowest BCUT2D eigenvalue weighted by molar-refractivity contribution is -0.125. The predicted octanol–water partition coefficient (Wildman–Crippen LogP) is 4.61. The van der Waals surface area contributed by atoms with E-state index >= 15 is 0 Å². The van der Waals surface area contributed by atoms with Gasteiger partial charge in [-0.05, 0) is 51.3 Å². The normalized spacial score (nSPS) is 15.9. The summed E-state index contributed by atoms with van der Waals surface area (Å²) < 4.78 is 27.9. The molecular formula is C27H37N3O3S. The van der Waals surface area contributed by atoms with E-state index in [0.717, 1.165) is 43.2 Å². The first-order chi connectivity index (χ1) is 16.2. The van der Waals surface area contributed by atoms with Crippen LogP contribution in [0.15, 0.2) is 66.4 Å². The highest BCUT2D eigenvalue weighted by Crippen LogP contribution is 2.38. The van der Waals surface area contributed by atoms with Crippen LogP contribution in [0.25, 0.3) is 4.91 Å². The number of carbonyl (C=O) groups is 1. The van der Waals surface area contributed by atoms with E-state index in [0.29, 0.717) is 12.1 Å². The van der Waals surface area contributed by atoms with Gasteiger partial charge in [-0.15, -0.1) is 0 Å². The summed E-state index contributed by atoms with van der Waals surface area (Å²) >= 11 is 0. The first-order valence-electron chi connectivity index (χ1n) is 12.1. The fraction of sp³-hybridized carbons (Fsp3) is 0.444.